The summed E-state index contributed by atoms with van der Waals surface area (Å²) in [6.45, 7) is 6.08. The van der Waals surface area contributed by atoms with Crippen LogP contribution in [-0.2, 0) is 76.1 Å². The van der Waals surface area contributed by atoms with Gasteiger partial charge in [-0.15, -0.1) is 0 Å². The summed E-state index contributed by atoms with van der Waals surface area (Å²) in [6.07, 6.45) is -13.1. The van der Waals surface area contributed by atoms with Crippen molar-refractivity contribution >= 4 is 52.9 Å². The molecule has 7 saturated heterocycles. The van der Waals surface area contributed by atoms with Crippen LogP contribution in [0.4, 0.5) is 0 Å². The van der Waals surface area contributed by atoms with Gasteiger partial charge in [0, 0.05) is 0 Å². The monoisotopic (exact) mass is 1070 g/mol. The van der Waals surface area contributed by atoms with Gasteiger partial charge in [-0.3, -0.25) is 12.5 Å². The van der Waals surface area contributed by atoms with Crippen LogP contribution in [0.25, 0.3) is 0 Å². The summed E-state index contributed by atoms with van der Waals surface area (Å²) in [7, 11) is -12.4. The van der Waals surface area contributed by atoms with Crippen molar-refractivity contribution in [3.05, 3.63) is 89.5 Å². The summed E-state index contributed by atoms with van der Waals surface area (Å²) in [5.41, 5.74) is 2.70. The van der Waals surface area contributed by atoms with Gasteiger partial charge in [0.1, 0.15) is 61.0 Å². The second-order valence-electron chi connectivity index (χ2n) is 15.6. The molecular weight excluding hydrogens is 1020 g/mol. The van der Waals surface area contributed by atoms with E-state index in [2.05, 4.69) is 22.6 Å². The van der Waals surface area contributed by atoms with Crippen molar-refractivity contribution < 1.29 is 91.4 Å². The Labute approximate surface area is 384 Å². The van der Waals surface area contributed by atoms with Crippen molar-refractivity contribution in [3.63, 3.8) is 0 Å². The predicted molar refractivity (Wildman–Crippen MR) is 226 cm³/mol. The third-order valence-electron chi connectivity index (χ3n) is 11.0. The first-order chi connectivity index (χ1) is 30.3. The van der Waals surface area contributed by atoms with E-state index in [4.69, 9.17) is 50.8 Å². The first-order valence-electron chi connectivity index (χ1n) is 19.9. The molecule has 354 valence electrons. The predicted octanol–water partition coefficient (Wildman–Crippen LogP) is 0.734. The number of rotatable bonds is 9. The van der Waals surface area contributed by atoms with Gasteiger partial charge in [0.25, 0.3) is 30.4 Å². The van der Waals surface area contributed by atoms with Gasteiger partial charge in [0.2, 0.25) is 0 Å². The van der Waals surface area contributed by atoms with Crippen molar-refractivity contribution in [2.24, 2.45) is 0 Å². The van der Waals surface area contributed by atoms with Crippen molar-refractivity contribution in [2.45, 2.75) is 128 Å². The number of benzene rings is 3. The molecule has 64 heavy (non-hydrogen) atoms. The average molecular weight is 1070 g/mol. The summed E-state index contributed by atoms with van der Waals surface area (Å²) in [4.78, 5) is 1.88. The molecule has 7 heterocycles. The summed E-state index contributed by atoms with van der Waals surface area (Å²) >= 11 is 2.15. The molecule has 15 unspecified atom stereocenters. The van der Waals surface area contributed by atoms with E-state index in [1.165, 1.54) is 36.4 Å². The lowest BCUT2D eigenvalue weighted by Crippen LogP contribution is -2.56. The zero-order valence-corrected chi connectivity index (χ0v) is 39.2. The van der Waals surface area contributed by atoms with E-state index in [0.29, 0.717) is 6.61 Å². The maximum absolute atomic E-state index is 12.7. The zero-order valence-electron chi connectivity index (χ0n) is 34.6. The largest absolute Gasteiger partial charge is 0.387 e. The molecule has 0 spiro atoms. The second kappa shape index (κ2) is 20.1. The molecule has 10 rings (SSSR count). The molecular formula is C40H49IO20S3. The van der Waals surface area contributed by atoms with Crippen LogP contribution in [0, 0.1) is 20.8 Å². The van der Waals surface area contributed by atoms with Crippen LogP contribution in [0.1, 0.15) is 16.7 Å². The van der Waals surface area contributed by atoms with Crippen molar-refractivity contribution in [2.75, 3.05) is 24.8 Å². The van der Waals surface area contributed by atoms with Crippen LogP contribution in [0.2, 0.25) is 0 Å². The lowest BCUT2D eigenvalue weighted by molar-refractivity contribution is -0.228. The molecule has 7 fully saturated rings. The first-order valence-corrected chi connectivity index (χ1v) is 26.3. The Bertz CT molecular complexity index is 2280. The molecule has 20 nitrogen and oxygen atoms in total. The molecule has 0 aliphatic carbocycles. The van der Waals surface area contributed by atoms with Gasteiger partial charge in [0.15, 0.2) is 31.1 Å². The molecule has 0 radical (unpaired) electrons. The van der Waals surface area contributed by atoms with E-state index in [-0.39, 0.29) is 46.2 Å². The fourth-order valence-corrected chi connectivity index (χ4v) is 10.7. The van der Waals surface area contributed by atoms with Gasteiger partial charge >= 0.3 is 0 Å². The highest BCUT2D eigenvalue weighted by Crippen LogP contribution is 2.44. The Balaban J connectivity index is 0.000000157. The molecule has 15 atom stereocenters. The number of hydrogen-bond acceptors (Lipinski definition) is 20. The molecule has 7 aliphatic rings. The van der Waals surface area contributed by atoms with Crippen LogP contribution in [-0.4, -0.2) is 163 Å². The van der Waals surface area contributed by atoms with Gasteiger partial charge in [-0.05, 0) is 62.1 Å². The Morgan fingerprint density at radius 3 is 1.31 bits per heavy atom. The number of aliphatic hydroxyl groups excluding tert-OH is 4. The number of halogens is 1. The molecule has 7 aliphatic heterocycles. The number of ether oxygens (including phenoxy) is 7. The van der Waals surface area contributed by atoms with Crippen molar-refractivity contribution in [1.29, 1.82) is 0 Å². The van der Waals surface area contributed by atoms with E-state index < -0.39 is 104 Å². The number of epoxide rings is 1. The van der Waals surface area contributed by atoms with Gasteiger partial charge in [-0.1, -0.05) is 75.7 Å². The first kappa shape index (κ1) is 49.6. The Hall–Kier alpha value is -2.32. The lowest BCUT2D eigenvalue weighted by atomic mass is 10.0. The minimum absolute atomic E-state index is 0.0831. The minimum Gasteiger partial charge on any atom is -0.387 e. The SMILES string of the molecule is CI.Cc1ccc(S(=O)(=O)OC2C3COC(O3)C(OS(=O)(=O)c3ccc(C)cc3)C2O)cc1.Cc1ccc(S(=O)(=O)OC2C3OCC(O3)C3OC32)cc1.OC1C2COC(O2)C(O)C1O. The van der Waals surface area contributed by atoms with Gasteiger partial charge < -0.3 is 53.6 Å². The third-order valence-corrected chi connectivity index (χ3v) is 15.0. The van der Waals surface area contributed by atoms with Crippen molar-refractivity contribution in [1.82, 2.24) is 0 Å². The van der Waals surface area contributed by atoms with Crippen LogP contribution in [0.3, 0.4) is 0 Å². The zero-order chi connectivity index (χ0) is 46.3. The Morgan fingerprint density at radius 2 is 0.812 bits per heavy atom. The van der Waals surface area contributed by atoms with E-state index in [1.807, 2.05) is 18.8 Å². The summed E-state index contributed by atoms with van der Waals surface area (Å²) < 4.78 is 128. The molecule has 0 aromatic heterocycles. The summed E-state index contributed by atoms with van der Waals surface area (Å²) in [6, 6.07) is 18.4. The normalized spacial score (nSPS) is 35.7. The highest BCUT2D eigenvalue weighted by atomic mass is 127. The molecule has 0 amide bonds. The molecule has 0 saturated carbocycles. The van der Waals surface area contributed by atoms with Crippen LogP contribution in [0.15, 0.2) is 87.5 Å². The molecule has 3 aromatic rings. The topological polar surface area (TPSA) is 279 Å². The molecule has 6 bridgehead atoms. The highest BCUT2D eigenvalue weighted by Gasteiger charge is 2.63. The second-order valence-corrected chi connectivity index (χ2v) is 20.4. The van der Waals surface area contributed by atoms with Gasteiger partial charge in [-0.25, -0.2) is 0 Å². The number of aryl methyl sites for hydroxylation is 3. The Morgan fingerprint density at radius 1 is 0.438 bits per heavy atom. The highest BCUT2D eigenvalue weighted by molar-refractivity contribution is 14.1. The van der Waals surface area contributed by atoms with Gasteiger partial charge in [-0.2, -0.15) is 25.3 Å². The van der Waals surface area contributed by atoms with E-state index >= 15 is 0 Å². The summed E-state index contributed by atoms with van der Waals surface area (Å²) in [5.74, 6) is 0. The van der Waals surface area contributed by atoms with Crippen molar-refractivity contribution in [3.8, 4) is 0 Å². The minimum atomic E-state index is -4.28. The number of fused-ring (bicyclic) bond motifs is 8. The Kier molecular flexibility index (Phi) is 15.6. The average Bonchev–Trinajstić information content (AvgIpc) is 3.57. The van der Waals surface area contributed by atoms with E-state index in [9.17, 15) is 40.6 Å². The van der Waals surface area contributed by atoms with Crippen LogP contribution in [0.5, 0.6) is 0 Å². The fraction of sp³-hybridized carbons (Fsp3) is 0.550. The summed E-state index contributed by atoms with van der Waals surface area (Å²) in [5, 5.41) is 38.3. The van der Waals surface area contributed by atoms with E-state index in [0.717, 1.165) is 16.7 Å². The van der Waals surface area contributed by atoms with E-state index in [1.54, 1.807) is 43.3 Å². The molecule has 24 heteroatoms. The maximum atomic E-state index is 12.7. The maximum Gasteiger partial charge on any atom is 0.297 e. The molecule has 3 aromatic carbocycles. The van der Waals surface area contributed by atoms with Gasteiger partial charge in [0.05, 0.1) is 34.5 Å². The number of alkyl halides is 1. The number of aliphatic hydroxyl groups is 4. The molecule has 4 N–H and O–H groups in total. The number of hydrogen-bond donors (Lipinski definition) is 4. The third kappa shape index (κ3) is 10.8. The standard InChI is InChI=1S/C20H22O9S2.C13H14O6S.C6H10O5.CH3I/c1-12-3-7-14(8-4-12)30(22,23)28-18-16-11-26-20(27-16)19(17(18)21)29-31(24,25)15-9-5-13(2)6-10-15;1-7-2-4-8(5-3-7)20(14,15)19-12-11-10(18-11)9-6-16-13(12)17-9;7-3-2-1-10-6(11-2)5(9)4(3)8;1-2/h3-10,16-21H,11H2,1-2H3;2-5,9-13H,6H2,1H3;2-9H,1H2;1H3. The smallest absolute Gasteiger partial charge is 0.297 e. The van der Waals surface area contributed by atoms with Crippen LogP contribution < -0.4 is 0 Å². The quantitative estimate of drug-likeness (QED) is 0.0995. The van der Waals surface area contributed by atoms with Crippen LogP contribution >= 0.6 is 22.6 Å². The lowest BCUT2D eigenvalue weighted by Gasteiger charge is -2.36. The fourth-order valence-electron chi connectivity index (χ4n) is 7.42.